The zero-order chi connectivity index (χ0) is 19.5. The van der Waals surface area contributed by atoms with Gasteiger partial charge >= 0.3 is 5.63 Å². The molecule has 1 aromatic heterocycles. The second-order valence-corrected chi connectivity index (χ2v) is 8.66. The number of benzene rings is 1. The lowest BCUT2D eigenvalue weighted by molar-refractivity contribution is 0.343. The summed E-state index contributed by atoms with van der Waals surface area (Å²) in [5.41, 5.74) is 2.21. The van der Waals surface area contributed by atoms with Crippen LogP contribution in [0.3, 0.4) is 0 Å². The van der Waals surface area contributed by atoms with Crippen LogP contribution in [0.5, 0.6) is 5.75 Å². The summed E-state index contributed by atoms with van der Waals surface area (Å²) < 4.78 is 6.02. The molecule has 0 spiro atoms. The van der Waals surface area contributed by atoms with Crippen LogP contribution >= 0.6 is 0 Å². The van der Waals surface area contributed by atoms with Gasteiger partial charge in [-0.1, -0.05) is 62.9 Å². The maximum absolute atomic E-state index is 13.1. The summed E-state index contributed by atoms with van der Waals surface area (Å²) in [5, 5.41) is 11.3. The molecule has 0 amide bonds. The second-order valence-electron chi connectivity index (χ2n) is 8.66. The Morgan fingerprint density at radius 1 is 1.11 bits per heavy atom. The van der Waals surface area contributed by atoms with Crippen molar-refractivity contribution in [3.63, 3.8) is 0 Å². The van der Waals surface area contributed by atoms with E-state index in [-0.39, 0.29) is 23.2 Å². The van der Waals surface area contributed by atoms with Crippen molar-refractivity contribution in [2.24, 2.45) is 5.92 Å². The van der Waals surface area contributed by atoms with E-state index in [9.17, 15) is 9.90 Å². The predicted molar refractivity (Wildman–Crippen MR) is 112 cm³/mol. The summed E-state index contributed by atoms with van der Waals surface area (Å²) in [4.78, 5) is 13.1. The number of hydrogen-bond donors (Lipinski definition) is 1. The number of unbranched alkanes of at least 4 members (excludes halogenated alkanes) is 1. The summed E-state index contributed by atoms with van der Waals surface area (Å²) in [6, 6.07) is 10.2. The van der Waals surface area contributed by atoms with Gasteiger partial charge in [0.1, 0.15) is 11.5 Å². The van der Waals surface area contributed by atoms with Crippen molar-refractivity contribution in [3.8, 4) is 5.75 Å². The maximum Gasteiger partial charge on any atom is 0.343 e. The standard InChI is InChI=1S/C25H32O3/c1-2-3-10-19-13-8-5-9-14-20-23(26)22(25(27)28-24(19)20)21(18-15-16-18)17-11-6-4-7-12-17/h4,6-7,11-12,18-19,21,26H,2-3,5,8-10,13-16H2,1H3. The third-order valence-electron chi connectivity index (χ3n) is 6.58. The van der Waals surface area contributed by atoms with Crippen LogP contribution < -0.4 is 5.63 Å². The highest BCUT2D eigenvalue weighted by molar-refractivity contribution is 5.47. The highest BCUT2D eigenvalue weighted by Gasteiger charge is 2.38. The van der Waals surface area contributed by atoms with E-state index in [4.69, 9.17) is 4.42 Å². The predicted octanol–water partition coefficient (Wildman–Crippen LogP) is 6.28. The van der Waals surface area contributed by atoms with Crippen LogP contribution in [0, 0.1) is 5.92 Å². The van der Waals surface area contributed by atoms with Gasteiger partial charge in [-0.25, -0.2) is 4.79 Å². The highest BCUT2D eigenvalue weighted by Crippen LogP contribution is 2.49. The molecule has 2 aromatic rings. The fourth-order valence-corrected chi connectivity index (χ4v) is 4.93. The van der Waals surface area contributed by atoms with Crippen molar-refractivity contribution in [3.05, 3.63) is 63.2 Å². The van der Waals surface area contributed by atoms with Crippen molar-refractivity contribution in [2.45, 2.75) is 83.0 Å². The van der Waals surface area contributed by atoms with Gasteiger partial charge in [0.05, 0.1) is 5.56 Å². The van der Waals surface area contributed by atoms with Gasteiger partial charge in [0.25, 0.3) is 0 Å². The summed E-state index contributed by atoms with van der Waals surface area (Å²) >= 11 is 0. The Kier molecular flexibility index (Phi) is 5.89. The zero-order valence-corrected chi connectivity index (χ0v) is 17.0. The van der Waals surface area contributed by atoms with Crippen molar-refractivity contribution in [1.82, 2.24) is 0 Å². The summed E-state index contributed by atoms with van der Waals surface area (Å²) in [7, 11) is 0. The first-order valence-electron chi connectivity index (χ1n) is 11.1. The number of rotatable bonds is 6. The van der Waals surface area contributed by atoms with E-state index in [1.54, 1.807) is 0 Å². The Morgan fingerprint density at radius 2 is 1.89 bits per heavy atom. The molecule has 2 aliphatic carbocycles. The van der Waals surface area contributed by atoms with Gasteiger partial charge in [0, 0.05) is 17.4 Å². The van der Waals surface area contributed by atoms with Gasteiger partial charge in [0.15, 0.2) is 0 Å². The van der Waals surface area contributed by atoms with Gasteiger partial charge in [0.2, 0.25) is 0 Å². The molecule has 2 aliphatic rings. The van der Waals surface area contributed by atoms with Gasteiger partial charge in [-0.3, -0.25) is 0 Å². The van der Waals surface area contributed by atoms with Crippen LogP contribution in [0.15, 0.2) is 39.5 Å². The van der Waals surface area contributed by atoms with Crippen LogP contribution in [-0.4, -0.2) is 5.11 Å². The fraction of sp³-hybridized carbons (Fsp3) is 0.560. The molecule has 1 fully saturated rings. The molecule has 3 heteroatoms. The van der Waals surface area contributed by atoms with Gasteiger partial charge in [-0.2, -0.15) is 0 Å². The van der Waals surface area contributed by atoms with Crippen LogP contribution in [0.2, 0.25) is 0 Å². The van der Waals surface area contributed by atoms with E-state index in [0.717, 1.165) is 68.3 Å². The molecule has 28 heavy (non-hydrogen) atoms. The van der Waals surface area contributed by atoms with Crippen molar-refractivity contribution in [2.75, 3.05) is 0 Å². The normalized spacial score (nSPS) is 20.8. The molecule has 0 radical (unpaired) electrons. The molecule has 0 saturated heterocycles. The van der Waals surface area contributed by atoms with Crippen molar-refractivity contribution >= 4 is 0 Å². The Bertz CT molecular complexity index is 848. The highest BCUT2D eigenvalue weighted by atomic mass is 16.4. The number of aromatic hydroxyl groups is 1. The van der Waals surface area contributed by atoms with Crippen LogP contribution in [0.4, 0.5) is 0 Å². The number of fused-ring (bicyclic) bond motifs is 1. The molecule has 1 aromatic carbocycles. The molecule has 1 saturated carbocycles. The maximum atomic E-state index is 13.1. The Balaban J connectivity index is 1.81. The monoisotopic (exact) mass is 380 g/mol. The minimum Gasteiger partial charge on any atom is -0.507 e. The van der Waals surface area contributed by atoms with E-state index in [2.05, 4.69) is 19.1 Å². The van der Waals surface area contributed by atoms with Gasteiger partial charge in [-0.15, -0.1) is 0 Å². The Morgan fingerprint density at radius 3 is 2.61 bits per heavy atom. The SMILES string of the molecule is CCCCC1CCCCCc2c1oc(=O)c(C(c1ccccc1)C1CC1)c2O. The van der Waals surface area contributed by atoms with E-state index < -0.39 is 0 Å². The van der Waals surface area contributed by atoms with E-state index in [1.807, 2.05) is 18.2 Å². The molecule has 1 N–H and O–H groups in total. The first kappa shape index (κ1) is 19.3. The molecule has 0 bridgehead atoms. The molecule has 4 rings (SSSR count). The van der Waals surface area contributed by atoms with Crippen LogP contribution in [0.25, 0.3) is 0 Å². The minimum absolute atomic E-state index is 0.0534. The Labute approximate surface area is 167 Å². The molecular weight excluding hydrogens is 348 g/mol. The van der Waals surface area contributed by atoms with Crippen molar-refractivity contribution in [1.29, 1.82) is 0 Å². The zero-order valence-electron chi connectivity index (χ0n) is 17.0. The lowest BCUT2D eigenvalue weighted by Gasteiger charge is -2.25. The van der Waals surface area contributed by atoms with E-state index in [1.165, 1.54) is 12.8 Å². The number of hydrogen-bond acceptors (Lipinski definition) is 3. The molecule has 3 nitrogen and oxygen atoms in total. The average Bonchev–Trinajstić information content (AvgIpc) is 3.52. The molecule has 0 aliphatic heterocycles. The first-order valence-corrected chi connectivity index (χ1v) is 11.1. The third-order valence-corrected chi connectivity index (χ3v) is 6.58. The quantitative estimate of drug-likeness (QED) is 0.642. The summed E-state index contributed by atoms with van der Waals surface area (Å²) in [6.07, 6.45) is 10.8. The molecular formula is C25H32O3. The summed E-state index contributed by atoms with van der Waals surface area (Å²) in [5.74, 6) is 1.65. The lowest BCUT2D eigenvalue weighted by atomic mass is 9.82. The lowest BCUT2D eigenvalue weighted by Crippen LogP contribution is -2.20. The summed E-state index contributed by atoms with van der Waals surface area (Å²) in [6.45, 7) is 2.20. The molecule has 1 heterocycles. The Hall–Kier alpha value is -2.03. The van der Waals surface area contributed by atoms with Gasteiger partial charge in [-0.05, 0) is 50.0 Å². The molecule has 150 valence electrons. The second kappa shape index (κ2) is 8.55. The van der Waals surface area contributed by atoms with Crippen molar-refractivity contribution < 1.29 is 9.52 Å². The van der Waals surface area contributed by atoms with Crippen LogP contribution in [-0.2, 0) is 6.42 Å². The largest absolute Gasteiger partial charge is 0.507 e. The molecule has 2 atom stereocenters. The molecule has 2 unspecified atom stereocenters. The fourth-order valence-electron chi connectivity index (χ4n) is 4.93. The first-order chi connectivity index (χ1) is 13.7. The topological polar surface area (TPSA) is 50.4 Å². The average molecular weight is 381 g/mol. The van der Waals surface area contributed by atoms with E-state index in [0.29, 0.717) is 11.5 Å². The third kappa shape index (κ3) is 3.90. The van der Waals surface area contributed by atoms with Gasteiger partial charge < -0.3 is 9.52 Å². The smallest absolute Gasteiger partial charge is 0.343 e. The van der Waals surface area contributed by atoms with E-state index >= 15 is 0 Å². The minimum atomic E-state index is -0.320. The van der Waals surface area contributed by atoms with Crippen LogP contribution in [0.1, 0.15) is 99.0 Å².